The zero-order valence-electron chi connectivity index (χ0n) is 10.9. The van der Waals surface area contributed by atoms with E-state index in [0.29, 0.717) is 17.7 Å². The first-order chi connectivity index (χ1) is 9.60. The Labute approximate surface area is 115 Å². The first-order valence-electron chi connectivity index (χ1n) is 5.99. The number of amides is 1. The van der Waals surface area contributed by atoms with Crippen molar-refractivity contribution in [2.24, 2.45) is 0 Å². The van der Waals surface area contributed by atoms with Crippen LogP contribution in [0, 0.1) is 24.1 Å². The van der Waals surface area contributed by atoms with Crippen LogP contribution in [0.1, 0.15) is 27.2 Å². The van der Waals surface area contributed by atoms with Crippen molar-refractivity contribution in [3.05, 3.63) is 64.7 Å². The molecule has 0 saturated carbocycles. The van der Waals surface area contributed by atoms with Crippen LogP contribution in [0.25, 0.3) is 0 Å². The van der Waals surface area contributed by atoms with Gasteiger partial charge in [0.05, 0.1) is 5.56 Å². The van der Waals surface area contributed by atoms with Crippen molar-refractivity contribution in [1.82, 2.24) is 10.3 Å². The fourth-order valence-corrected chi connectivity index (χ4v) is 1.68. The lowest BCUT2D eigenvalue weighted by Crippen LogP contribution is -2.23. The summed E-state index contributed by atoms with van der Waals surface area (Å²) in [6, 6.07) is 9.63. The molecule has 4 nitrogen and oxygen atoms in total. The molecule has 0 bridgehead atoms. The fourth-order valence-electron chi connectivity index (χ4n) is 1.68. The highest BCUT2D eigenvalue weighted by Crippen LogP contribution is 2.09. The van der Waals surface area contributed by atoms with Crippen LogP contribution >= 0.6 is 0 Å². The standard InChI is InChI=1S/C15H12FN3O/c1-10-6-11(2-4-13(10)16)8-19-15(20)14-5-3-12(7-17)9-18-14/h2-6,9H,8H2,1H3,(H,19,20). The molecule has 1 aromatic carbocycles. The molecule has 2 rings (SSSR count). The summed E-state index contributed by atoms with van der Waals surface area (Å²) < 4.78 is 13.1. The Bertz CT molecular complexity index is 675. The van der Waals surface area contributed by atoms with Crippen molar-refractivity contribution in [3.63, 3.8) is 0 Å². The lowest BCUT2D eigenvalue weighted by atomic mass is 10.1. The van der Waals surface area contributed by atoms with Gasteiger partial charge in [0.2, 0.25) is 0 Å². The van der Waals surface area contributed by atoms with Crippen LogP contribution in [-0.4, -0.2) is 10.9 Å². The summed E-state index contributed by atoms with van der Waals surface area (Å²) >= 11 is 0. The molecule has 0 unspecified atom stereocenters. The maximum atomic E-state index is 13.1. The first-order valence-corrected chi connectivity index (χ1v) is 5.99. The Morgan fingerprint density at radius 2 is 2.20 bits per heavy atom. The van der Waals surface area contributed by atoms with E-state index in [0.717, 1.165) is 5.56 Å². The largest absolute Gasteiger partial charge is 0.347 e. The molecular formula is C15H12FN3O. The molecule has 5 heteroatoms. The average Bonchev–Trinajstić information content (AvgIpc) is 2.48. The number of hydrogen-bond donors (Lipinski definition) is 1. The van der Waals surface area contributed by atoms with Gasteiger partial charge in [-0.2, -0.15) is 5.26 Å². The van der Waals surface area contributed by atoms with Gasteiger partial charge in [0.15, 0.2) is 0 Å². The molecule has 20 heavy (non-hydrogen) atoms. The number of nitriles is 1. The maximum Gasteiger partial charge on any atom is 0.270 e. The number of nitrogens with one attached hydrogen (secondary N) is 1. The zero-order chi connectivity index (χ0) is 14.5. The van der Waals surface area contributed by atoms with Crippen LogP contribution in [0.3, 0.4) is 0 Å². The second kappa shape index (κ2) is 5.93. The molecule has 0 fully saturated rings. The zero-order valence-corrected chi connectivity index (χ0v) is 10.9. The topological polar surface area (TPSA) is 65.8 Å². The van der Waals surface area contributed by atoms with Gasteiger partial charge >= 0.3 is 0 Å². The predicted octanol–water partition coefficient (Wildman–Crippen LogP) is 2.33. The minimum absolute atomic E-state index is 0.239. The van der Waals surface area contributed by atoms with Crippen molar-refractivity contribution < 1.29 is 9.18 Å². The molecule has 0 spiro atoms. The van der Waals surface area contributed by atoms with E-state index >= 15 is 0 Å². The van der Waals surface area contributed by atoms with Crippen LogP contribution in [0.4, 0.5) is 4.39 Å². The SMILES string of the molecule is Cc1cc(CNC(=O)c2ccc(C#N)cn2)ccc1F. The van der Waals surface area contributed by atoms with Crippen LogP contribution in [0.15, 0.2) is 36.5 Å². The number of pyridine rings is 1. The van der Waals surface area contributed by atoms with Gasteiger partial charge < -0.3 is 5.32 Å². The number of aromatic nitrogens is 1. The summed E-state index contributed by atoms with van der Waals surface area (Å²) in [5.41, 5.74) is 1.98. The van der Waals surface area contributed by atoms with E-state index < -0.39 is 0 Å². The smallest absolute Gasteiger partial charge is 0.270 e. The molecule has 100 valence electrons. The van der Waals surface area contributed by atoms with E-state index in [-0.39, 0.29) is 17.4 Å². The lowest BCUT2D eigenvalue weighted by molar-refractivity contribution is 0.0946. The van der Waals surface area contributed by atoms with Crippen molar-refractivity contribution in [2.45, 2.75) is 13.5 Å². The number of carbonyl (C=O) groups is 1. The Morgan fingerprint density at radius 1 is 1.40 bits per heavy atom. The lowest BCUT2D eigenvalue weighted by Gasteiger charge is -2.06. The van der Waals surface area contributed by atoms with Gasteiger partial charge in [-0.1, -0.05) is 12.1 Å². The van der Waals surface area contributed by atoms with Gasteiger partial charge in [-0.3, -0.25) is 4.79 Å². The molecular weight excluding hydrogens is 257 g/mol. The monoisotopic (exact) mass is 269 g/mol. The van der Waals surface area contributed by atoms with Gasteiger partial charge in [0, 0.05) is 12.7 Å². The third-order valence-corrected chi connectivity index (χ3v) is 2.80. The van der Waals surface area contributed by atoms with Crippen molar-refractivity contribution in [3.8, 4) is 6.07 Å². The van der Waals surface area contributed by atoms with E-state index in [4.69, 9.17) is 5.26 Å². The minimum atomic E-state index is -0.337. The number of hydrogen-bond acceptors (Lipinski definition) is 3. The minimum Gasteiger partial charge on any atom is -0.347 e. The first kappa shape index (κ1) is 13.7. The molecule has 0 radical (unpaired) electrons. The number of nitrogens with zero attached hydrogens (tertiary/aromatic N) is 2. The van der Waals surface area contributed by atoms with Gasteiger partial charge in [0.1, 0.15) is 17.6 Å². The second-order valence-corrected chi connectivity index (χ2v) is 4.31. The van der Waals surface area contributed by atoms with Crippen molar-refractivity contribution >= 4 is 5.91 Å². The highest BCUT2D eigenvalue weighted by Gasteiger charge is 2.07. The van der Waals surface area contributed by atoms with Crippen LogP contribution in [0.2, 0.25) is 0 Å². The molecule has 2 aromatic rings. The molecule has 1 N–H and O–H groups in total. The molecule has 0 aliphatic heterocycles. The number of rotatable bonds is 3. The molecule has 0 saturated heterocycles. The van der Waals surface area contributed by atoms with E-state index in [2.05, 4.69) is 10.3 Å². The summed E-state index contributed by atoms with van der Waals surface area (Å²) in [4.78, 5) is 15.7. The van der Waals surface area contributed by atoms with E-state index in [1.807, 2.05) is 6.07 Å². The fraction of sp³-hybridized carbons (Fsp3) is 0.133. The van der Waals surface area contributed by atoms with Gasteiger partial charge in [-0.15, -0.1) is 0 Å². The molecule has 1 amide bonds. The average molecular weight is 269 g/mol. The van der Waals surface area contributed by atoms with Crippen LogP contribution in [0.5, 0.6) is 0 Å². The van der Waals surface area contributed by atoms with Crippen LogP contribution in [-0.2, 0) is 6.54 Å². The number of aryl methyl sites for hydroxylation is 1. The molecule has 0 aliphatic rings. The summed E-state index contributed by atoms with van der Waals surface area (Å²) in [7, 11) is 0. The quantitative estimate of drug-likeness (QED) is 0.930. The Kier molecular flexibility index (Phi) is 4.06. The number of benzene rings is 1. The van der Waals surface area contributed by atoms with E-state index in [9.17, 15) is 9.18 Å². The van der Waals surface area contributed by atoms with Crippen LogP contribution < -0.4 is 5.32 Å². The Balaban J connectivity index is 2.01. The Hall–Kier alpha value is -2.74. The summed E-state index contributed by atoms with van der Waals surface area (Å²) in [5, 5.41) is 11.3. The summed E-state index contributed by atoms with van der Waals surface area (Å²) in [6.45, 7) is 1.96. The third-order valence-electron chi connectivity index (χ3n) is 2.80. The molecule has 0 atom stereocenters. The molecule has 0 aliphatic carbocycles. The molecule has 1 aromatic heterocycles. The normalized spacial score (nSPS) is 9.85. The summed E-state index contributed by atoms with van der Waals surface area (Å²) in [6.07, 6.45) is 1.34. The maximum absolute atomic E-state index is 13.1. The van der Waals surface area contributed by atoms with Crippen molar-refractivity contribution in [2.75, 3.05) is 0 Å². The van der Waals surface area contributed by atoms with Gasteiger partial charge in [0.25, 0.3) is 5.91 Å². The van der Waals surface area contributed by atoms with E-state index in [1.165, 1.54) is 24.4 Å². The number of halogens is 1. The second-order valence-electron chi connectivity index (χ2n) is 4.31. The molecule has 1 heterocycles. The van der Waals surface area contributed by atoms with Crippen molar-refractivity contribution in [1.29, 1.82) is 5.26 Å². The van der Waals surface area contributed by atoms with Gasteiger partial charge in [-0.05, 0) is 36.2 Å². The highest BCUT2D eigenvalue weighted by molar-refractivity contribution is 5.92. The Morgan fingerprint density at radius 3 is 2.80 bits per heavy atom. The predicted molar refractivity (Wildman–Crippen MR) is 71.3 cm³/mol. The summed E-state index contributed by atoms with van der Waals surface area (Å²) in [5.74, 6) is -0.606. The van der Waals surface area contributed by atoms with Gasteiger partial charge in [-0.25, -0.2) is 9.37 Å². The highest BCUT2D eigenvalue weighted by atomic mass is 19.1. The number of carbonyl (C=O) groups excluding carboxylic acids is 1. The third kappa shape index (κ3) is 3.18. The van der Waals surface area contributed by atoms with E-state index in [1.54, 1.807) is 19.1 Å².